The molecule has 122 valence electrons. The number of pyridine rings is 1. The monoisotopic (exact) mass is 332 g/mol. The van der Waals surface area contributed by atoms with Gasteiger partial charge in [0.15, 0.2) is 23.3 Å². The smallest absolute Gasteiger partial charge is 0.166 e. The van der Waals surface area contributed by atoms with E-state index in [4.69, 9.17) is 5.73 Å². The zero-order valence-corrected chi connectivity index (χ0v) is 12.6. The summed E-state index contributed by atoms with van der Waals surface area (Å²) in [5.74, 6) is -4.20. The van der Waals surface area contributed by atoms with Crippen LogP contribution in [0.4, 0.5) is 23.4 Å². The van der Waals surface area contributed by atoms with Gasteiger partial charge in [-0.2, -0.15) is 0 Å². The average molecular weight is 332 g/mol. The fraction of sp³-hybridized carbons (Fsp3) is 0.0556. The van der Waals surface area contributed by atoms with E-state index in [1.807, 2.05) is 0 Å². The zero-order valence-electron chi connectivity index (χ0n) is 12.6. The summed E-state index contributed by atoms with van der Waals surface area (Å²) >= 11 is 0. The van der Waals surface area contributed by atoms with Crippen molar-refractivity contribution in [3.05, 3.63) is 71.4 Å². The third-order valence-corrected chi connectivity index (χ3v) is 3.83. The highest BCUT2D eigenvalue weighted by atomic mass is 19.2. The molecule has 6 heteroatoms. The van der Waals surface area contributed by atoms with E-state index in [0.29, 0.717) is 5.56 Å². The SMILES string of the molecule is Cc1c(-c2cccc(F)c2F)cnc(N)c1-c1cccc(F)c1F. The maximum absolute atomic E-state index is 14.1. The first-order valence-corrected chi connectivity index (χ1v) is 7.05. The van der Waals surface area contributed by atoms with Crippen LogP contribution >= 0.6 is 0 Å². The number of hydrogen-bond acceptors (Lipinski definition) is 2. The van der Waals surface area contributed by atoms with Crippen molar-refractivity contribution in [1.29, 1.82) is 0 Å². The maximum Gasteiger partial charge on any atom is 0.166 e. The number of nitrogens with two attached hydrogens (primary N) is 1. The summed E-state index contributed by atoms with van der Waals surface area (Å²) in [6, 6.07) is 7.39. The molecule has 2 aromatic carbocycles. The van der Waals surface area contributed by atoms with Gasteiger partial charge in [0.25, 0.3) is 0 Å². The van der Waals surface area contributed by atoms with E-state index in [1.165, 1.54) is 30.5 Å². The van der Waals surface area contributed by atoms with Gasteiger partial charge in [0.05, 0.1) is 0 Å². The molecular formula is C18H12F4N2. The van der Waals surface area contributed by atoms with Crippen molar-refractivity contribution in [3.63, 3.8) is 0 Å². The molecule has 0 radical (unpaired) electrons. The summed E-state index contributed by atoms with van der Waals surface area (Å²) in [6.07, 6.45) is 1.28. The first-order valence-electron chi connectivity index (χ1n) is 7.05. The largest absolute Gasteiger partial charge is 0.383 e. The van der Waals surface area contributed by atoms with Gasteiger partial charge in [-0.25, -0.2) is 22.5 Å². The molecule has 0 spiro atoms. The predicted molar refractivity (Wildman–Crippen MR) is 84.1 cm³/mol. The zero-order chi connectivity index (χ0) is 17.4. The minimum absolute atomic E-state index is 0.0296. The lowest BCUT2D eigenvalue weighted by molar-refractivity contribution is 0.511. The van der Waals surface area contributed by atoms with Crippen LogP contribution in [0.1, 0.15) is 5.56 Å². The van der Waals surface area contributed by atoms with Crippen molar-refractivity contribution in [2.45, 2.75) is 6.92 Å². The Labute approximate surface area is 135 Å². The highest BCUT2D eigenvalue weighted by Crippen LogP contribution is 2.37. The van der Waals surface area contributed by atoms with Crippen LogP contribution in [0.15, 0.2) is 42.6 Å². The van der Waals surface area contributed by atoms with Crippen LogP contribution in [0, 0.1) is 30.2 Å². The van der Waals surface area contributed by atoms with Crippen LogP contribution < -0.4 is 5.73 Å². The molecule has 0 saturated carbocycles. The molecule has 1 heterocycles. The van der Waals surface area contributed by atoms with Gasteiger partial charge in [-0.3, -0.25) is 0 Å². The Balaban J connectivity index is 2.30. The van der Waals surface area contributed by atoms with E-state index >= 15 is 0 Å². The van der Waals surface area contributed by atoms with E-state index in [2.05, 4.69) is 4.98 Å². The summed E-state index contributed by atoms with van der Waals surface area (Å²) in [7, 11) is 0. The van der Waals surface area contributed by atoms with E-state index in [0.717, 1.165) is 12.1 Å². The number of nitrogens with zero attached hydrogens (tertiary/aromatic N) is 1. The number of nitrogen functional groups attached to an aromatic ring is 1. The number of hydrogen-bond donors (Lipinski definition) is 1. The van der Waals surface area contributed by atoms with Crippen molar-refractivity contribution in [3.8, 4) is 22.3 Å². The van der Waals surface area contributed by atoms with Gasteiger partial charge >= 0.3 is 0 Å². The summed E-state index contributed by atoms with van der Waals surface area (Å²) in [4.78, 5) is 3.93. The number of halogens is 4. The Morgan fingerprint density at radius 1 is 0.792 bits per heavy atom. The lowest BCUT2D eigenvalue weighted by atomic mass is 9.94. The van der Waals surface area contributed by atoms with Crippen molar-refractivity contribution >= 4 is 5.82 Å². The molecule has 0 aliphatic rings. The molecule has 0 fully saturated rings. The first-order chi connectivity index (χ1) is 11.4. The molecule has 0 bridgehead atoms. The van der Waals surface area contributed by atoms with Gasteiger partial charge in [-0.05, 0) is 24.6 Å². The van der Waals surface area contributed by atoms with Crippen molar-refractivity contribution in [2.75, 3.05) is 5.73 Å². The van der Waals surface area contributed by atoms with Crippen LogP contribution in [-0.2, 0) is 0 Å². The molecule has 0 amide bonds. The molecule has 0 saturated heterocycles. The van der Waals surface area contributed by atoms with Crippen molar-refractivity contribution in [2.24, 2.45) is 0 Å². The molecule has 0 unspecified atom stereocenters. The average Bonchev–Trinajstić information content (AvgIpc) is 2.55. The van der Waals surface area contributed by atoms with E-state index in [1.54, 1.807) is 6.92 Å². The summed E-state index contributed by atoms with van der Waals surface area (Å²) in [5, 5.41) is 0. The molecule has 0 atom stereocenters. The predicted octanol–water partition coefficient (Wildman–Crippen LogP) is 4.86. The molecule has 0 aliphatic carbocycles. The van der Waals surface area contributed by atoms with E-state index < -0.39 is 23.3 Å². The van der Waals surface area contributed by atoms with Crippen LogP contribution in [0.25, 0.3) is 22.3 Å². The third kappa shape index (κ3) is 2.50. The molecule has 3 aromatic rings. The first kappa shape index (κ1) is 16.0. The van der Waals surface area contributed by atoms with Crippen LogP contribution in [-0.4, -0.2) is 4.98 Å². The van der Waals surface area contributed by atoms with Gasteiger partial charge in [0.1, 0.15) is 5.82 Å². The number of anilines is 1. The van der Waals surface area contributed by atoms with Crippen LogP contribution in [0.2, 0.25) is 0 Å². The van der Waals surface area contributed by atoms with Gasteiger partial charge in [-0.15, -0.1) is 0 Å². The second kappa shape index (κ2) is 5.96. The van der Waals surface area contributed by atoms with Gasteiger partial charge < -0.3 is 5.73 Å². The Morgan fingerprint density at radius 2 is 1.33 bits per heavy atom. The van der Waals surface area contributed by atoms with E-state index in [9.17, 15) is 17.6 Å². The molecule has 1 aromatic heterocycles. The number of rotatable bonds is 2. The maximum atomic E-state index is 14.1. The Bertz CT molecular complexity index is 939. The lowest BCUT2D eigenvalue weighted by Crippen LogP contribution is -2.02. The van der Waals surface area contributed by atoms with Crippen molar-refractivity contribution < 1.29 is 17.6 Å². The van der Waals surface area contributed by atoms with Crippen LogP contribution in [0.5, 0.6) is 0 Å². The van der Waals surface area contributed by atoms with E-state index in [-0.39, 0.29) is 28.1 Å². The highest BCUT2D eigenvalue weighted by Gasteiger charge is 2.20. The minimum Gasteiger partial charge on any atom is -0.383 e. The summed E-state index contributed by atoms with van der Waals surface area (Å²) in [6.45, 7) is 1.57. The topological polar surface area (TPSA) is 38.9 Å². The van der Waals surface area contributed by atoms with Gasteiger partial charge in [0, 0.05) is 28.5 Å². The quantitative estimate of drug-likeness (QED) is 0.681. The molecule has 3 rings (SSSR count). The highest BCUT2D eigenvalue weighted by molar-refractivity contribution is 5.84. The third-order valence-electron chi connectivity index (χ3n) is 3.83. The van der Waals surface area contributed by atoms with Gasteiger partial charge in [-0.1, -0.05) is 24.3 Å². The van der Waals surface area contributed by atoms with Crippen LogP contribution in [0.3, 0.4) is 0 Å². The Morgan fingerprint density at radius 3 is 1.96 bits per heavy atom. The van der Waals surface area contributed by atoms with Gasteiger partial charge in [0.2, 0.25) is 0 Å². The van der Waals surface area contributed by atoms with Crippen molar-refractivity contribution in [1.82, 2.24) is 4.98 Å². The fourth-order valence-corrected chi connectivity index (χ4v) is 2.64. The second-order valence-corrected chi connectivity index (χ2v) is 5.26. The fourth-order valence-electron chi connectivity index (χ4n) is 2.64. The number of benzene rings is 2. The molecular weight excluding hydrogens is 320 g/mol. The lowest BCUT2D eigenvalue weighted by Gasteiger charge is -2.15. The Hall–Kier alpha value is -2.89. The molecule has 2 N–H and O–H groups in total. The normalized spacial score (nSPS) is 10.9. The Kier molecular flexibility index (Phi) is 3.97. The molecule has 2 nitrogen and oxygen atoms in total. The second-order valence-electron chi connectivity index (χ2n) is 5.26. The minimum atomic E-state index is -1.08. The molecule has 0 aliphatic heterocycles. The summed E-state index contributed by atoms with van der Waals surface area (Å²) < 4.78 is 55.2. The summed E-state index contributed by atoms with van der Waals surface area (Å²) in [5.41, 5.74) is 6.47. The molecule has 24 heavy (non-hydrogen) atoms. The standard InChI is InChI=1S/C18H12F4N2/c1-9-12(10-4-2-6-13(19)16(10)21)8-24-18(23)15(9)11-5-3-7-14(20)17(11)22/h2-8H,1H3,(H2,23,24). The number of aromatic nitrogens is 1.